The van der Waals surface area contributed by atoms with Crippen LogP contribution in [-0.2, 0) is 0 Å². The largest absolute Gasteiger partial charge is 0.496 e. The van der Waals surface area contributed by atoms with Gasteiger partial charge in [-0.05, 0) is 42.9 Å². The lowest BCUT2D eigenvalue weighted by Gasteiger charge is -2.15. The molecule has 0 fully saturated rings. The number of aliphatic hydroxyl groups is 1. The third-order valence-corrected chi connectivity index (χ3v) is 2.72. The Hall–Kier alpha value is -1.02. The SMILES string of the molecule is COc1cc(C)ccc1[C@@H](C)CCCO. The van der Waals surface area contributed by atoms with Crippen molar-refractivity contribution in [3.63, 3.8) is 0 Å². The summed E-state index contributed by atoms with van der Waals surface area (Å²) in [4.78, 5) is 0. The molecule has 0 amide bonds. The molecule has 0 bridgehead atoms. The zero-order chi connectivity index (χ0) is 11.3. The number of hydrogen-bond donors (Lipinski definition) is 1. The van der Waals surface area contributed by atoms with Gasteiger partial charge in [0, 0.05) is 6.61 Å². The summed E-state index contributed by atoms with van der Waals surface area (Å²) in [6, 6.07) is 6.29. The second-order valence-electron chi connectivity index (χ2n) is 4.01. The molecule has 0 unspecified atom stereocenters. The van der Waals surface area contributed by atoms with E-state index in [0.29, 0.717) is 5.92 Å². The molecule has 1 atom stereocenters. The average molecular weight is 208 g/mol. The Bertz CT molecular complexity index is 307. The van der Waals surface area contributed by atoms with E-state index in [9.17, 15) is 0 Å². The van der Waals surface area contributed by atoms with Crippen molar-refractivity contribution in [2.75, 3.05) is 13.7 Å². The lowest BCUT2D eigenvalue weighted by Crippen LogP contribution is -1.99. The highest BCUT2D eigenvalue weighted by Crippen LogP contribution is 2.30. The number of hydrogen-bond acceptors (Lipinski definition) is 2. The number of aryl methyl sites for hydroxylation is 1. The van der Waals surface area contributed by atoms with Gasteiger partial charge < -0.3 is 9.84 Å². The summed E-state index contributed by atoms with van der Waals surface area (Å²) in [6.07, 6.45) is 1.84. The van der Waals surface area contributed by atoms with Crippen LogP contribution in [0.4, 0.5) is 0 Å². The first kappa shape index (κ1) is 12.1. The van der Waals surface area contributed by atoms with Gasteiger partial charge in [-0.25, -0.2) is 0 Å². The van der Waals surface area contributed by atoms with E-state index in [1.165, 1.54) is 11.1 Å². The maximum Gasteiger partial charge on any atom is 0.122 e. The number of benzene rings is 1. The molecule has 2 nitrogen and oxygen atoms in total. The summed E-state index contributed by atoms with van der Waals surface area (Å²) in [7, 11) is 1.71. The predicted molar refractivity (Wildman–Crippen MR) is 62.5 cm³/mol. The zero-order valence-electron chi connectivity index (χ0n) is 9.79. The van der Waals surface area contributed by atoms with Gasteiger partial charge in [-0.3, -0.25) is 0 Å². The van der Waals surface area contributed by atoms with Crippen LogP contribution in [-0.4, -0.2) is 18.8 Å². The fourth-order valence-corrected chi connectivity index (χ4v) is 1.78. The molecule has 0 radical (unpaired) electrons. The van der Waals surface area contributed by atoms with E-state index in [4.69, 9.17) is 9.84 Å². The molecule has 84 valence electrons. The van der Waals surface area contributed by atoms with Gasteiger partial charge in [0.2, 0.25) is 0 Å². The van der Waals surface area contributed by atoms with Crippen LogP contribution in [0.3, 0.4) is 0 Å². The Balaban J connectivity index is 2.82. The van der Waals surface area contributed by atoms with Gasteiger partial charge in [0.25, 0.3) is 0 Å². The van der Waals surface area contributed by atoms with E-state index in [1.807, 2.05) is 0 Å². The topological polar surface area (TPSA) is 29.5 Å². The molecule has 15 heavy (non-hydrogen) atoms. The Labute approximate surface area is 91.9 Å². The first-order valence-electron chi connectivity index (χ1n) is 5.44. The van der Waals surface area contributed by atoms with Crippen molar-refractivity contribution in [2.24, 2.45) is 0 Å². The van der Waals surface area contributed by atoms with Gasteiger partial charge >= 0.3 is 0 Å². The maximum absolute atomic E-state index is 8.80. The quantitative estimate of drug-likeness (QED) is 0.806. The fourth-order valence-electron chi connectivity index (χ4n) is 1.78. The van der Waals surface area contributed by atoms with Gasteiger partial charge in [0.15, 0.2) is 0 Å². The molecule has 0 heterocycles. The predicted octanol–water partition coefficient (Wildman–Crippen LogP) is 2.88. The smallest absolute Gasteiger partial charge is 0.122 e. The van der Waals surface area contributed by atoms with Crippen LogP contribution in [0.15, 0.2) is 18.2 Å². The van der Waals surface area contributed by atoms with Crippen LogP contribution in [0.5, 0.6) is 5.75 Å². The molecule has 0 saturated carbocycles. The molecule has 0 aromatic heterocycles. The normalized spacial score (nSPS) is 12.5. The van der Waals surface area contributed by atoms with Crippen molar-refractivity contribution in [1.29, 1.82) is 0 Å². The molecule has 0 spiro atoms. The third-order valence-electron chi connectivity index (χ3n) is 2.72. The summed E-state index contributed by atoms with van der Waals surface area (Å²) >= 11 is 0. The van der Waals surface area contributed by atoms with Gasteiger partial charge in [-0.2, -0.15) is 0 Å². The highest BCUT2D eigenvalue weighted by molar-refractivity contribution is 5.39. The minimum atomic E-state index is 0.262. The standard InChI is InChI=1S/C13H20O2/c1-10-6-7-12(13(9-10)15-3)11(2)5-4-8-14/h6-7,9,11,14H,4-5,8H2,1-3H3/t11-/m0/s1. The van der Waals surface area contributed by atoms with E-state index in [1.54, 1.807) is 7.11 Å². The minimum Gasteiger partial charge on any atom is -0.496 e. The van der Waals surface area contributed by atoms with E-state index < -0.39 is 0 Å². The van der Waals surface area contributed by atoms with E-state index >= 15 is 0 Å². The monoisotopic (exact) mass is 208 g/mol. The van der Waals surface area contributed by atoms with Crippen LogP contribution in [0.1, 0.15) is 36.8 Å². The number of ether oxygens (including phenoxy) is 1. The van der Waals surface area contributed by atoms with Crippen LogP contribution < -0.4 is 4.74 Å². The van der Waals surface area contributed by atoms with Crippen molar-refractivity contribution in [2.45, 2.75) is 32.6 Å². The highest BCUT2D eigenvalue weighted by atomic mass is 16.5. The van der Waals surface area contributed by atoms with Crippen molar-refractivity contribution in [3.8, 4) is 5.75 Å². The number of methoxy groups -OCH3 is 1. The van der Waals surface area contributed by atoms with Crippen LogP contribution in [0, 0.1) is 6.92 Å². The Kier molecular flexibility index (Phi) is 4.63. The van der Waals surface area contributed by atoms with Gasteiger partial charge in [-0.1, -0.05) is 19.1 Å². The Morgan fingerprint density at radius 1 is 1.40 bits per heavy atom. The average Bonchev–Trinajstić information content (AvgIpc) is 2.25. The van der Waals surface area contributed by atoms with Crippen LogP contribution in [0.2, 0.25) is 0 Å². The van der Waals surface area contributed by atoms with Crippen molar-refractivity contribution >= 4 is 0 Å². The number of rotatable bonds is 5. The van der Waals surface area contributed by atoms with E-state index in [0.717, 1.165) is 18.6 Å². The Morgan fingerprint density at radius 2 is 2.13 bits per heavy atom. The lowest BCUT2D eigenvalue weighted by atomic mass is 9.94. The van der Waals surface area contributed by atoms with E-state index in [2.05, 4.69) is 32.0 Å². The summed E-state index contributed by atoms with van der Waals surface area (Å²) in [5, 5.41) is 8.80. The fraction of sp³-hybridized carbons (Fsp3) is 0.538. The maximum atomic E-state index is 8.80. The van der Waals surface area contributed by atoms with Crippen LogP contribution >= 0.6 is 0 Å². The second-order valence-corrected chi connectivity index (χ2v) is 4.01. The summed E-state index contributed by atoms with van der Waals surface area (Å²) in [6.45, 7) is 4.49. The van der Waals surface area contributed by atoms with E-state index in [-0.39, 0.29) is 6.61 Å². The molecule has 0 aliphatic carbocycles. The lowest BCUT2D eigenvalue weighted by molar-refractivity contribution is 0.280. The zero-order valence-corrected chi connectivity index (χ0v) is 9.79. The molecule has 1 aromatic rings. The third kappa shape index (κ3) is 3.24. The molecule has 0 aliphatic rings. The van der Waals surface area contributed by atoms with Crippen molar-refractivity contribution in [1.82, 2.24) is 0 Å². The molecule has 1 aromatic carbocycles. The Morgan fingerprint density at radius 3 is 2.73 bits per heavy atom. The van der Waals surface area contributed by atoms with Gasteiger partial charge in [0.1, 0.15) is 5.75 Å². The molecule has 0 saturated heterocycles. The molecular formula is C13H20O2. The summed E-state index contributed by atoms with van der Waals surface area (Å²) < 4.78 is 5.36. The first-order valence-corrected chi connectivity index (χ1v) is 5.44. The molecule has 0 aliphatic heterocycles. The minimum absolute atomic E-state index is 0.262. The molecule has 1 rings (SSSR count). The highest BCUT2D eigenvalue weighted by Gasteiger charge is 2.10. The van der Waals surface area contributed by atoms with Gasteiger partial charge in [0.05, 0.1) is 7.11 Å². The van der Waals surface area contributed by atoms with Crippen molar-refractivity contribution < 1.29 is 9.84 Å². The van der Waals surface area contributed by atoms with Gasteiger partial charge in [-0.15, -0.1) is 0 Å². The molecular weight excluding hydrogens is 188 g/mol. The number of aliphatic hydroxyl groups excluding tert-OH is 1. The first-order chi connectivity index (χ1) is 7.19. The molecule has 1 N–H and O–H groups in total. The van der Waals surface area contributed by atoms with Crippen molar-refractivity contribution in [3.05, 3.63) is 29.3 Å². The second kappa shape index (κ2) is 5.76. The summed E-state index contributed by atoms with van der Waals surface area (Å²) in [5.41, 5.74) is 2.45. The molecule has 2 heteroatoms. The summed E-state index contributed by atoms with van der Waals surface area (Å²) in [5.74, 6) is 1.40. The van der Waals surface area contributed by atoms with Crippen LogP contribution in [0.25, 0.3) is 0 Å².